The molecule has 0 saturated carbocycles. The van der Waals surface area contributed by atoms with Crippen molar-refractivity contribution in [3.05, 3.63) is 72.0 Å². The molecule has 0 spiro atoms. The molecule has 2 N–H and O–H groups in total. The Labute approximate surface area is 179 Å². The van der Waals surface area contributed by atoms with Crippen LogP contribution in [0.4, 0.5) is 17.1 Å². The summed E-state index contributed by atoms with van der Waals surface area (Å²) in [4.78, 5) is 25.0. The molecule has 0 aliphatic carbocycles. The molecule has 2 aromatic heterocycles. The number of amides is 1. The van der Waals surface area contributed by atoms with Crippen LogP contribution >= 0.6 is 11.6 Å². The van der Waals surface area contributed by atoms with Crippen LogP contribution in [0, 0.1) is 0 Å². The van der Waals surface area contributed by atoms with Crippen molar-refractivity contribution in [1.29, 1.82) is 0 Å². The van der Waals surface area contributed by atoms with Gasteiger partial charge in [0.1, 0.15) is 6.33 Å². The third kappa shape index (κ3) is 4.84. The molecular weight excluding hydrogens is 404 g/mol. The zero-order valence-corrected chi connectivity index (χ0v) is 16.9. The first kappa shape index (κ1) is 20.1. The van der Waals surface area contributed by atoms with E-state index in [-0.39, 0.29) is 11.9 Å². The summed E-state index contributed by atoms with van der Waals surface area (Å²) in [6, 6.07) is 9.34. The second-order valence-corrected chi connectivity index (χ2v) is 7.24. The van der Waals surface area contributed by atoms with Crippen molar-refractivity contribution in [1.82, 2.24) is 20.4 Å². The lowest BCUT2D eigenvalue weighted by molar-refractivity contribution is 0.0777. The molecule has 30 heavy (non-hydrogen) atoms. The Balaban J connectivity index is 1.64. The molecule has 3 heterocycles. The molecule has 1 aliphatic heterocycles. The lowest BCUT2D eigenvalue weighted by atomic mass is 10.1. The van der Waals surface area contributed by atoms with Gasteiger partial charge in [0.25, 0.3) is 5.91 Å². The minimum absolute atomic E-state index is 0.0699. The second-order valence-electron chi connectivity index (χ2n) is 6.81. The Morgan fingerprint density at radius 2 is 1.77 bits per heavy atom. The fraction of sp³-hybridized carbons (Fsp3) is 0.238. The van der Waals surface area contributed by atoms with Gasteiger partial charge in [0.2, 0.25) is 0 Å². The Kier molecular flexibility index (Phi) is 6.36. The molecule has 0 atom stereocenters. The van der Waals surface area contributed by atoms with Crippen molar-refractivity contribution < 1.29 is 9.53 Å². The number of aromatic nitrogens is 3. The van der Waals surface area contributed by atoms with Crippen LogP contribution in [0.25, 0.3) is 0 Å². The largest absolute Gasteiger partial charge is 0.381 e. The summed E-state index contributed by atoms with van der Waals surface area (Å²) in [7, 11) is 0. The van der Waals surface area contributed by atoms with E-state index in [0.29, 0.717) is 23.8 Å². The lowest BCUT2D eigenvalue weighted by Gasteiger charge is -2.36. The fourth-order valence-corrected chi connectivity index (χ4v) is 3.39. The summed E-state index contributed by atoms with van der Waals surface area (Å²) in [5, 5.41) is 5.91. The summed E-state index contributed by atoms with van der Waals surface area (Å²) in [6.07, 6.45) is 9.38. The number of pyridine rings is 1. The normalized spacial score (nSPS) is 14.2. The number of benzene rings is 1. The monoisotopic (exact) mass is 424 g/mol. The number of carbonyl (C=O) groups is 1. The molecule has 8 nitrogen and oxygen atoms in total. The summed E-state index contributed by atoms with van der Waals surface area (Å²) < 4.78 is 5.51. The van der Waals surface area contributed by atoms with Crippen LogP contribution in [0.3, 0.4) is 0 Å². The van der Waals surface area contributed by atoms with Gasteiger partial charge in [-0.15, -0.1) is 0 Å². The number of ether oxygens (including phenoxy) is 1. The van der Waals surface area contributed by atoms with Crippen LogP contribution < -0.4 is 15.8 Å². The lowest BCUT2D eigenvalue weighted by Crippen LogP contribution is -2.51. The molecule has 4 rings (SSSR count). The average Bonchev–Trinajstić information content (AvgIpc) is 2.80. The molecule has 3 aromatic rings. The maximum atomic E-state index is 12.9. The van der Waals surface area contributed by atoms with E-state index in [1.807, 2.05) is 35.3 Å². The number of rotatable bonds is 6. The Hall–Kier alpha value is -3.23. The van der Waals surface area contributed by atoms with Crippen molar-refractivity contribution in [2.24, 2.45) is 0 Å². The van der Waals surface area contributed by atoms with E-state index in [1.54, 1.807) is 12.4 Å². The quantitative estimate of drug-likeness (QED) is 0.584. The standard InChI is InChI=1S/C21H21ClN6O2/c22-16-1-3-17(4-2-16)26-19-13-23-8-5-20(19)28(18-6-9-30-10-7-18)27-21(29)15-11-24-14-25-12-15/h1-5,8,11-14,18,26H,6-7,9-10H2,(H,27,29). The van der Waals surface area contributed by atoms with Gasteiger partial charge in [-0.2, -0.15) is 0 Å². The minimum atomic E-state index is -0.281. The summed E-state index contributed by atoms with van der Waals surface area (Å²) >= 11 is 6.00. The Morgan fingerprint density at radius 3 is 2.50 bits per heavy atom. The highest BCUT2D eigenvalue weighted by molar-refractivity contribution is 6.30. The Bertz CT molecular complexity index is 980. The zero-order valence-electron chi connectivity index (χ0n) is 16.2. The number of carbonyl (C=O) groups excluding carboxylic acids is 1. The number of hydrogen-bond acceptors (Lipinski definition) is 7. The SMILES string of the molecule is O=C(NN(c1ccncc1Nc1ccc(Cl)cc1)C1CCOCC1)c1cncnc1. The minimum Gasteiger partial charge on any atom is -0.381 e. The first-order valence-electron chi connectivity index (χ1n) is 9.60. The van der Waals surface area contributed by atoms with Crippen molar-refractivity contribution in [2.75, 3.05) is 23.5 Å². The molecule has 154 valence electrons. The van der Waals surface area contributed by atoms with Crippen molar-refractivity contribution >= 4 is 34.6 Å². The maximum Gasteiger partial charge on any atom is 0.272 e. The first-order valence-corrected chi connectivity index (χ1v) is 9.98. The number of anilines is 3. The van der Waals surface area contributed by atoms with Gasteiger partial charge in [0.15, 0.2) is 0 Å². The second kappa shape index (κ2) is 9.51. The van der Waals surface area contributed by atoms with Crippen molar-refractivity contribution in [3.63, 3.8) is 0 Å². The van der Waals surface area contributed by atoms with Gasteiger partial charge in [-0.1, -0.05) is 11.6 Å². The van der Waals surface area contributed by atoms with E-state index < -0.39 is 0 Å². The number of hydrogen-bond donors (Lipinski definition) is 2. The smallest absolute Gasteiger partial charge is 0.272 e. The Morgan fingerprint density at radius 1 is 1.03 bits per heavy atom. The molecule has 1 amide bonds. The van der Waals surface area contributed by atoms with E-state index in [1.165, 1.54) is 18.7 Å². The van der Waals surface area contributed by atoms with Gasteiger partial charge in [-0.3, -0.25) is 20.2 Å². The maximum absolute atomic E-state index is 12.9. The molecule has 1 aliphatic rings. The topological polar surface area (TPSA) is 92.3 Å². The fourth-order valence-electron chi connectivity index (χ4n) is 3.26. The number of hydrazine groups is 1. The summed E-state index contributed by atoms with van der Waals surface area (Å²) in [5.74, 6) is -0.281. The van der Waals surface area contributed by atoms with Crippen molar-refractivity contribution in [2.45, 2.75) is 18.9 Å². The molecule has 0 bridgehead atoms. The van der Waals surface area contributed by atoms with Crippen LogP contribution in [-0.4, -0.2) is 40.1 Å². The highest BCUT2D eigenvalue weighted by atomic mass is 35.5. The highest BCUT2D eigenvalue weighted by Gasteiger charge is 2.26. The molecule has 0 radical (unpaired) electrons. The molecule has 0 unspecified atom stereocenters. The van der Waals surface area contributed by atoms with E-state index in [0.717, 1.165) is 29.9 Å². The van der Waals surface area contributed by atoms with Crippen LogP contribution in [0.1, 0.15) is 23.2 Å². The van der Waals surface area contributed by atoms with Gasteiger partial charge < -0.3 is 10.1 Å². The van der Waals surface area contributed by atoms with E-state index in [2.05, 4.69) is 25.7 Å². The number of halogens is 1. The highest BCUT2D eigenvalue weighted by Crippen LogP contribution is 2.31. The number of nitrogens with one attached hydrogen (secondary N) is 2. The van der Waals surface area contributed by atoms with E-state index >= 15 is 0 Å². The van der Waals surface area contributed by atoms with Gasteiger partial charge in [0.05, 0.1) is 29.2 Å². The third-order valence-electron chi connectivity index (χ3n) is 4.78. The molecule has 9 heteroatoms. The first-order chi connectivity index (χ1) is 14.7. The molecule has 1 fully saturated rings. The van der Waals surface area contributed by atoms with Crippen LogP contribution in [0.15, 0.2) is 61.4 Å². The van der Waals surface area contributed by atoms with Crippen molar-refractivity contribution in [3.8, 4) is 0 Å². The summed E-state index contributed by atoms with van der Waals surface area (Å²) in [6.45, 7) is 1.27. The van der Waals surface area contributed by atoms with Crippen LogP contribution in [0.2, 0.25) is 5.02 Å². The molecule has 1 aromatic carbocycles. The van der Waals surface area contributed by atoms with Crippen LogP contribution in [-0.2, 0) is 4.74 Å². The predicted molar refractivity (Wildman–Crippen MR) is 115 cm³/mol. The van der Waals surface area contributed by atoms with Crippen LogP contribution in [0.5, 0.6) is 0 Å². The third-order valence-corrected chi connectivity index (χ3v) is 5.03. The van der Waals surface area contributed by atoms with Gasteiger partial charge in [-0.25, -0.2) is 9.97 Å². The zero-order chi connectivity index (χ0) is 20.8. The van der Waals surface area contributed by atoms with Gasteiger partial charge in [-0.05, 0) is 43.2 Å². The van der Waals surface area contributed by atoms with E-state index in [9.17, 15) is 4.79 Å². The van der Waals surface area contributed by atoms with Gasteiger partial charge >= 0.3 is 0 Å². The van der Waals surface area contributed by atoms with Gasteiger partial charge in [0, 0.05) is 42.5 Å². The number of nitrogens with zero attached hydrogens (tertiary/aromatic N) is 4. The summed E-state index contributed by atoms with van der Waals surface area (Å²) in [5.41, 5.74) is 5.84. The molecule has 1 saturated heterocycles. The molecular formula is C21H21ClN6O2. The average molecular weight is 425 g/mol. The van der Waals surface area contributed by atoms with E-state index in [4.69, 9.17) is 16.3 Å². The predicted octanol–water partition coefficient (Wildman–Crippen LogP) is 3.60.